The zero-order valence-electron chi connectivity index (χ0n) is 18.1. The van der Waals surface area contributed by atoms with Gasteiger partial charge in [-0.15, -0.1) is 0 Å². The average Bonchev–Trinajstić information content (AvgIpc) is 2.66. The van der Waals surface area contributed by atoms with E-state index in [9.17, 15) is 4.79 Å². The van der Waals surface area contributed by atoms with Crippen LogP contribution in [0, 0.1) is 13.8 Å². The summed E-state index contributed by atoms with van der Waals surface area (Å²) in [6, 6.07) is 11.8. The molecule has 0 saturated carbocycles. The molecule has 0 spiro atoms. The van der Waals surface area contributed by atoms with E-state index >= 15 is 0 Å². The van der Waals surface area contributed by atoms with E-state index in [1.165, 1.54) is 0 Å². The summed E-state index contributed by atoms with van der Waals surface area (Å²) in [6.45, 7) is 12.3. The molecule has 0 unspecified atom stereocenters. The maximum absolute atomic E-state index is 12.8. The third-order valence-corrected chi connectivity index (χ3v) is 5.03. The number of nitrogens with one attached hydrogen (secondary N) is 1. The summed E-state index contributed by atoms with van der Waals surface area (Å²) in [5.74, 6) is 1.84. The summed E-state index contributed by atoms with van der Waals surface area (Å²) in [6.07, 6.45) is 0.0823. The van der Waals surface area contributed by atoms with Crippen LogP contribution in [0.15, 0.2) is 36.4 Å². The molecule has 1 N–H and O–H groups in total. The molecule has 0 heterocycles. The van der Waals surface area contributed by atoms with Gasteiger partial charge in [-0.25, -0.2) is 0 Å². The van der Waals surface area contributed by atoms with Crippen LogP contribution in [0.4, 0.5) is 0 Å². The highest BCUT2D eigenvalue weighted by molar-refractivity contribution is 5.81. The molecule has 0 saturated heterocycles. The first-order chi connectivity index (χ1) is 13.3. The molecule has 0 radical (unpaired) electrons. The maximum atomic E-state index is 12.8. The van der Waals surface area contributed by atoms with Crippen molar-refractivity contribution in [3.63, 3.8) is 0 Å². The van der Waals surface area contributed by atoms with Crippen molar-refractivity contribution in [3.8, 4) is 11.5 Å². The minimum atomic E-state index is -0.520. The second kappa shape index (κ2) is 9.63. The van der Waals surface area contributed by atoms with E-state index in [-0.39, 0.29) is 11.9 Å². The molecule has 1 amide bonds. The zero-order valence-corrected chi connectivity index (χ0v) is 18.1. The van der Waals surface area contributed by atoms with E-state index in [4.69, 9.17) is 9.47 Å². The van der Waals surface area contributed by atoms with E-state index in [0.29, 0.717) is 18.1 Å². The van der Waals surface area contributed by atoms with Crippen LogP contribution in [0.3, 0.4) is 0 Å². The van der Waals surface area contributed by atoms with Gasteiger partial charge in [0.25, 0.3) is 5.91 Å². The van der Waals surface area contributed by atoms with Crippen LogP contribution in [-0.2, 0) is 4.79 Å². The van der Waals surface area contributed by atoms with Crippen molar-refractivity contribution in [3.05, 3.63) is 58.7 Å². The molecule has 0 aliphatic heterocycles. The number of carbonyl (C=O) groups excluding carboxylic acids is 1. The summed E-state index contributed by atoms with van der Waals surface area (Å²) in [4.78, 5) is 12.8. The summed E-state index contributed by atoms with van der Waals surface area (Å²) >= 11 is 0. The lowest BCUT2D eigenvalue weighted by atomic mass is 9.93. The fourth-order valence-electron chi connectivity index (χ4n) is 3.30. The summed E-state index contributed by atoms with van der Waals surface area (Å²) in [5.41, 5.74) is 4.51. The first-order valence-electron chi connectivity index (χ1n) is 9.98. The Bertz CT molecular complexity index is 796. The van der Waals surface area contributed by atoms with Gasteiger partial charge in [-0.05, 0) is 74.1 Å². The molecule has 0 aliphatic carbocycles. The predicted molar refractivity (Wildman–Crippen MR) is 114 cm³/mol. The summed E-state index contributed by atoms with van der Waals surface area (Å²) in [7, 11) is 1.69. The highest BCUT2D eigenvalue weighted by Crippen LogP contribution is 2.32. The normalized spacial score (nSPS) is 13.1. The number of ether oxygens (including phenoxy) is 2. The highest BCUT2D eigenvalue weighted by Gasteiger charge is 2.22. The Kier molecular flexibility index (Phi) is 7.50. The largest absolute Gasteiger partial charge is 0.496 e. The van der Waals surface area contributed by atoms with Gasteiger partial charge in [-0.1, -0.05) is 38.5 Å². The van der Waals surface area contributed by atoms with E-state index in [1.54, 1.807) is 7.11 Å². The molecule has 2 aromatic rings. The van der Waals surface area contributed by atoms with Crippen LogP contribution >= 0.6 is 0 Å². The quantitative estimate of drug-likeness (QED) is 0.657. The number of aryl methyl sites for hydroxylation is 2. The van der Waals surface area contributed by atoms with Gasteiger partial charge in [0.15, 0.2) is 6.10 Å². The van der Waals surface area contributed by atoms with Crippen molar-refractivity contribution >= 4 is 5.91 Å². The van der Waals surface area contributed by atoms with Crippen LogP contribution in [-0.4, -0.2) is 19.1 Å². The Hall–Kier alpha value is -2.49. The molecule has 2 aromatic carbocycles. The Balaban J connectivity index is 2.15. The number of hydrogen-bond donors (Lipinski definition) is 1. The van der Waals surface area contributed by atoms with E-state index in [2.05, 4.69) is 25.2 Å². The molecule has 2 atom stereocenters. The van der Waals surface area contributed by atoms with Gasteiger partial charge in [-0.2, -0.15) is 0 Å². The third-order valence-electron chi connectivity index (χ3n) is 5.03. The smallest absolute Gasteiger partial charge is 0.261 e. The fraction of sp³-hybridized carbons (Fsp3) is 0.458. The van der Waals surface area contributed by atoms with Gasteiger partial charge in [0.05, 0.1) is 13.2 Å². The lowest BCUT2D eigenvalue weighted by Crippen LogP contribution is -2.39. The molecule has 4 nitrogen and oxygen atoms in total. The molecule has 0 fully saturated rings. The van der Waals surface area contributed by atoms with E-state index < -0.39 is 6.10 Å². The van der Waals surface area contributed by atoms with Gasteiger partial charge in [0.1, 0.15) is 11.5 Å². The molecule has 2 rings (SSSR count). The predicted octanol–water partition coefficient (Wildman–Crippen LogP) is 5.47. The van der Waals surface area contributed by atoms with Crippen LogP contribution < -0.4 is 14.8 Å². The highest BCUT2D eigenvalue weighted by atomic mass is 16.5. The second-order valence-corrected chi connectivity index (χ2v) is 7.66. The van der Waals surface area contributed by atoms with Crippen LogP contribution in [0.5, 0.6) is 11.5 Å². The minimum Gasteiger partial charge on any atom is -0.496 e. The molecule has 0 bridgehead atoms. The van der Waals surface area contributed by atoms with Crippen LogP contribution in [0.1, 0.15) is 68.3 Å². The monoisotopic (exact) mass is 383 g/mol. The standard InChI is InChI=1S/C24H33NO3/c1-8-22(28-19-11-9-16(4)10-12-19)24(26)25-18(6)21-14-20(15(2)3)23(27-7)13-17(21)5/h9-15,18,22H,8H2,1-7H3,(H,25,26)/t18-,22+/m1/s1. The van der Waals surface area contributed by atoms with Gasteiger partial charge < -0.3 is 14.8 Å². The van der Waals surface area contributed by atoms with Gasteiger partial charge >= 0.3 is 0 Å². The molecular weight excluding hydrogens is 350 g/mol. The number of benzene rings is 2. The van der Waals surface area contributed by atoms with Crippen molar-refractivity contribution in [1.29, 1.82) is 0 Å². The Labute approximate surface area is 169 Å². The Morgan fingerprint density at radius 3 is 2.21 bits per heavy atom. The minimum absolute atomic E-state index is 0.100. The van der Waals surface area contributed by atoms with Crippen molar-refractivity contribution in [2.24, 2.45) is 0 Å². The van der Waals surface area contributed by atoms with Crippen LogP contribution in [0.2, 0.25) is 0 Å². The summed E-state index contributed by atoms with van der Waals surface area (Å²) < 4.78 is 11.4. The van der Waals surface area contributed by atoms with E-state index in [1.807, 2.05) is 58.0 Å². The molecule has 0 aromatic heterocycles. The first-order valence-corrected chi connectivity index (χ1v) is 9.98. The Morgan fingerprint density at radius 2 is 1.68 bits per heavy atom. The lowest BCUT2D eigenvalue weighted by molar-refractivity contribution is -0.128. The molecule has 0 aliphatic rings. The lowest BCUT2D eigenvalue weighted by Gasteiger charge is -2.23. The fourth-order valence-corrected chi connectivity index (χ4v) is 3.30. The SMILES string of the molecule is CC[C@H](Oc1ccc(C)cc1)C(=O)N[C@H](C)c1cc(C(C)C)c(OC)cc1C. The second-order valence-electron chi connectivity index (χ2n) is 7.66. The molecule has 152 valence electrons. The maximum Gasteiger partial charge on any atom is 0.261 e. The summed E-state index contributed by atoms with van der Waals surface area (Å²) in [5, 5.41) is 3.12. The van der Waals surface area contributed by atoms with E-state index in [0.717, 1.165) is 28.0 Å². The number of amides is 1. The van der Waals surface area contributed by atoms with Gasteiger partial charge in [-0.3, -0.25) is 4.79 Å². The van der Waals surface area contributed by atoms with Crippen molar-refractivity contribution in [1.82, 2.24) is 5.32 Å². The number of methoxy groups -OCH3 is 1. The average molecular weight is 384 g/mol. The third kappa shape index (κ3) is 5.28. The van der Waals surface area contributed by atoms with Gasteiger partial charge in [0, 0.05) is 0 Å². The number of rotatable bonds is 8. The Morgan fingerprint density at radius 1 is 1.04 bits per heavy atom. The topological polar surface area (TPSA) is 47.6 Å². The molecular formula is C24H33NO3. The number of hydrogen-bond acceptors (Lipinski definition) is 3. The molecule has 28 heavy (non-hydrogen) atoms. The first kappa shape index (κ1) is 21.8. The van der Waals surface area contributed by atoms with Gasteiger partial charge in [0.2, 0.25) is 0 Å². The number of carbonyl (C=O) groups is 1. The molecule has 4 heteroatoms. The van der Waals surface area contributed by atoms with Crippen molar-refractivity contribution < 1.29 is 14.3 Å². The van der Waals surface area contributed by atoms with Crippen molar-refractivity contribution in [2.75, 3.05) is 7.11 Å². The zero-order chi connectivity index (χ0) is 20.8. The van der Waals surface area contributed by atoms with Crippen molar-refractivity contribution in [2.45, 2.75) is 66.0 Å². The van der Waals surface area contributed by atoms with Crippen LogP contribution in [0.25, 0.3) is 0 Å².